The molecule has 4 rings (SSSR count). The van der Waals surface area contributed by atoms with E-state index in [0.717, 1.165) is 17.8 Å². The molecule has 0 heterocycles. The molecule has 3 aliphatic carbocycles. The number of rotatable bonds is 0. The molecule has 92 valence electrons. The molecule has 0 bridgehead atoms. The van der Waals surface area contributed by atoms with Crippen LogP contribution < -0.4 is 0 Å². The molecule has 0 nitrogen and oxygen atoms in total. The van der Waals surface area contributed by atoms with Gasteiger partial charge < -0.3 is 0 Å². The summed E-state index contributed by atoms with van der Waals surface area (Å²) >= 11 is 0. The normalized spacial score (nSPS) is 40.2. The van der Waals surface area contributed by atoms with E-state index in [-0.39, 0.29) is 0 Å². The first-order valence-corrected chi connectivity index (χ1v) is 7.23. The van der Waals surface area contributed by atoms with E-state index in [1.807, 2.05) is 0 Å². The summed E-state index contributed by atoms with van der Waals surface area (Å²) in [6.45, 7) is 2.46. The zero-order valence-corrected chi connectivity index (χ0v) is 11.0. The lowest BCUT2D eigenvalue weighted by atomic mass is 9.57. The maximum atomic E-state index is 2.50. The predicted molar refractivity (Wildman–Crippen MR) is 76.3 cm³/mol. The van der Waals surface area contributed by atoms with Crippen molar-refractivity contribution in [2.45, 2.75) is 32.1 Å². The Morgan fingerprint density at radius 1 is 1.22 bits per heavy atom. The summed E-state index contributed by atoms with van der Waals surface area (Å²) in [7, 11) is 0. The molecule has 1 fully saturated rings. The van der Waals surface area contributed by atoms with Crippen molar-refractivity contribution in [3.8, 4) is 0 Å². The minimum Gasteiger partial charge on any atom is -0.0876 e. The summed E-state index contributed by atoms with van der Waals surface area (Å²) < 4.78 is 0. The van der Waals surface area contributed by atoms with Gasteiger partial charge in [-0.2, -0.15) is 0 Å². The van der Waals surface area contributed by atoms with Crippen LogP contribution in [-0.4, -0.2) is 0 Å². The maximum absolute atomic E-state index is 2.50. The van der Waals surface area contributed by atoms with Gasteiger partial charge in [-0.3, -0.25) is 0 Å². The second-order valence-corrected chi connectivity index (χ2v) is 6.46. The second kappa shape index (κ2) is 3.60. The molecule has 1 aromatic carbocycles. The molecule has 0 amide bonds. The molecule has 0 aromatic heterocycles. The molecule has 4 atom stereocenters. The van der Waals surface area contributed by atoms with E-state index in [4.69, 9.17) is 0 Å². The predicted octanol–water partition coefficient (Wildman–Crippen LogP) is 4.79. The van der Waals surface area contributed by atoms with E-state index in [0.29, 0.717) is 5.41 Å². The van der Waals surface area contributed by atoms with Crippen molar-refractivity contribution >= 4 is 6.08 Å². The van der Waals surface area contributed by atoms with Crippen molar-refractivity contribution in [1.29, 1.82) is 0 Å². The van der Waals surface area contributed by atoms with Crippen molar-refractivity contribution < 1.29 is 0 Å². The highest BCUT2D eigenvalue weighted by Gasteiger charge is 2.46. The molecule has 1 saturated carbocycles. The largest absolute Gasteiger partial charge is 0.0876 e. The van der Waals surface area contributed by atoms with E-state index in [1.54, 1.807) is 5.56 Å². The van der Waals surface area contributed by atoms with Crippen molar-refractivity contribution in [2.24, 2.45) is 17.3 Å². The first-order valence-electron chi connectivity index (χ1n) is 7.23. The summed E-state index contributed by atoms with van der Waals surface area (Å²) in [6.07, 6.45) is 13.8. The van der Waals surface area contributed by atoms with Crippen molar-refractivity contribution in [3.05, 3.63) is 53.6 Å². The van der Waals surface area contributed by atoms with Crippen molar-refractivity contribution in [1.82, 2.24) is 0 Å². The summed E-state index contributed by atoms with van der Waals surface area (Å²) in [4.78, 5) is 0. The Hall–Kier alpha value is -1.30. The lowest BCUT2D eigenvalue weighted by molar-refractivity contribution is 0.123. The van der Waals surface area contributed by atoms with E-state index in [1.165, 1.54) is 24.8 Å². The van der Waals surface area contributed by atoms with Gasteiger partial charge in [-0.25, -0.2) is 0 Å². The second-order valence-electron chi connectivity index (χ2n) is 6.46. The number of fused-ring (bicyclic) bond motifs is 5. The number of allylic oxidation sites excluding steroid dienone is 3. The van der Waals surface area contributed by atoms with Crippen LogP contribution in [0.2, 0.25) is 0 Å². The average Bonchev–Trinajstić information content (AvgIpc) is 2.80. The van der Waals surface area contributed by atoms with Gasteiger partial charge in [-0.15, -0.1) is 0 Å². The Kier molecular flexibility index (Phi) is 2.12. The molecule has 0 aliphatic heterocycles. The standard InChI is InChI=1S/C18H20/c1-18-11-4-7-17(18)16-9-8-13-5-2-3-6-14(13)15(16)10-12-18/h2-6,8-9,11,15-17H,7,10,12H2,1H3/t15-,16-,17+,18+/m1/s1. The highest BCUT2D eigenvalue weighted by atomic mass is 14.5. The van der Waals surface area contributed by atoms with Gasteiger partial charge in [0.15, 0.2) is 0 Å². The number of hydrogen-bond donors (Lipinski definition) is 0. The van der Waals surface area contributed by atoms with Crippen LogP contribution in [0.4, 0.5) is 0 Å². The van der Waals surface area contributed by atoms with Crippen LogP contribution in [0.1, 0.15) is 43.2 Å². The molecule has 0 heteroatoms. The fourth-order valence-corrected chi connectivity index (χ4v) is 4.53. The van der Waals surface area contributed by atoms with Crippen LogP contribution in [-0.2, 0) is 0 Å². The molecule has 0 spiro atoms. The fourth-order valence-electron chi connectivity index (χ4n) is 4.53. The molecule has 0 unspecified atom stereocenters. The van der Waals surface area contributed by atoms with E-state index in [2.05, 4.69) is 55.5 Å². The number of hydrogen-bond acceptors (Lipinski definition) is 0. The minimum absolute atomic E-state index is 0.470. The van der Waals surface area contributed by atoms with Gasteiger partial charge in [-0.1, -0.05) is 55.5 Å². The Morgan fingerprint density at radius 2 is 2.11 bits per heavy atom. The minimum atomic E-state index is 0.470. The van der Waals surface area contributed by atoms with Crippen LogP contribution in [0.25, 0.3) is 6.08 Å². The quantitative estimate of drug-likeness (QED) is 0.568. The third-order valence-electron chi connectivity index (χ3n) is 5.55. The topological polar surface area (TPSA) is 0 Å². The fraction of sp³-hybridized carbons (Fsp3) is 0.444. The molecular formula is C18H20. The van der Waals surface area contributed by atoms with Gasteiger partial charge in [-0.05, 0) is 53.6 Å². The molecule has 0 radical (unpaired) electrons. The van der Waals surface area contributed by atoms with Gasteiger partial charge in [0.1, 0.15) is 0 Å². The van der Waals surface area contributed by atoms with Gasteiger partial charge in [0, 0.05) is 0 Å². The Bertz CT molecular complexity index is 537. The average molecular weight is 236 g/mol. The molecule has 3 aliphatic rings. The van der Waals surface area contributed by atoms with E-state index in [9.17, 15) is 0 Å². The Balaban J connectivity index is 1.78. The van der Waals surface area contributed by atoms with Crippen molar-refractivity contribution in [3.63, 3.8) is 0 Å². The lowest BCUT2D eigenvalue weighted by Crippen LogP contribution is -2.37. The van der Waals surface area contributed by atoms with Gasteiger partial charge in [0.2, 0.25) is 0 Å². The smallest absolute Gasteiger partial charge is 0.00896 e. The van der Waals surface area contributed by atoms with Gasteiger partial charge in [0.25, 0.3) is 0 Å². The third-order valence-corrected chi connectivity index (χ3v) is 5.55. The lowest BCUT2D eigenvalue weighted by Gasteiger charge is -2.47. The van der Waals surface area contributed by atoms with Gasteiger partial charge >= 0.3 is 0 Å². The monoisotopic (exact) mass is 236 g/mol. The van der Waals surface area contributed by atoms with Crippen LogP contribution >= 0.6 is 0 Å². The van der Waals surface area contributed by atoms with Crippen LogP contribution in [0, 0.1) is 17.3 Å². The summed E-state index contributed by atoms with van der Waals surface area (Å²) in [5.41, 5.74) is 3.52. The first kappa shape index (κ1) is 10.6. The summed E-state index contributed by atoms with van der Waals surface area (Å²) in [5.74, 6) is 2.36. The van der Waals surface area contributed by atoms with Crippen LogP contribution in [0.5, 0.6) is 0 Å². The number of benzene rings is 1. The van der Waals surface area contributed by atoms with E-state index < -0.39 is 0 Å². The highest BCUT2D eigenvalue weighted by Crippen LogP contribution is 2.57. The van der Waals surface area contributed by atoms with E-state index >= 15 is 0 Å². The van der Waals surface area contributed by atoms with Gasteiger partial charge in [0.05, 0.1) is 0 Å². The molecule has 0 N–H and O–H groups in total. The summed E-state index contributed by atoms with van der Waals surface area (Å²) in [6, 6.07) is 8.98. The molecule has 1 aromatic rings. The maximum Gasteiger partial charge on any atom is -0.00896 e. The highest BCUT2D eigenvalue weighted by molar-refractivity contribution is 5.59. The zero-order valence-electron chi connectivity index (χ0n) is 11.0. The molecular weight excluding hydrogens is 216 g/mol. The zero-order chi connectivity index (χ0) is 12.2. The van der Waals surface area contributed by atoms with Crippen LogP contribution in [0.15, 0.2) is 42.5 Å². The molecule has 18 heavy (non-hydrogen) atoms. The SMILES string of the molecule is C[C@@]12C=CC[C@H]1[C@@H]1C=Cc3ccccc3[C@H]1CC2. The van der Waals surface area contributed by atoms with Crippen molar-refractivity contribution in [2.75, 3.05) is 0 Å². The first-order chi connectivity index (χ1) is 8.78. The summed E-state index contributed by atoms with van der Waals surface area (Å²) in [5, 5.41) is 0. The molecule has 0 saturated heterocycles. The third kappa shape index (κ3) is 1.32. The van der Waals surface area contributed by atoms with Crippen LogP contribution in [0.3, 0.4) is 0 Å². The Morgan fingerprint density at radius 3 is 3.06 bits per heavy atom. The Labute approximate surface area is 109 Å².